The van der Waals surface area contributed by atoms with Gasteiger partial charge in [-0.15, -0.1) is 0 Å². The molecule has 1 rings (SSSR count). The zero-order valence-electron chi connectivity index (χ0n) is 13.0. The van der Waals surface area contributed by atoms with Gasteiger partial charge in [0.15, 0.2) is 0 Å². The average molecular weight is 270 g/mol. The SMILES string of the molecule is CCN(CC)C(CO)CNCC1CCCCCCC1. The Hall–Kier alpha value is -0.120. The summed E-state index contributed by atoms with van der Waals surface area (Å²) in [5.74, 6) is 0.858. The molecule has 0 heterocycles. The fourth-order valence-corrected chi connectivity index (χ4v) is 3.25. The zero-order chi connectivity index (χ0) is 13.9. The van der Waals surface area contributed by atoms with Gasteiger partial charge in [-0.05, 0) is 38.4 Å². The van der Waals surface area contributed by atoms with Crippen LogP contribution in [-0.4, -0.2) is 48.8 Å². The van der Waals surface area contributed by atoms with Crippen LogP contribution in [0.5, 0.6) is 0 Å². The van der Waals surface area contributed by atoms with Crippen molar-refractivity contribution in [2.45, 2.75) is 64.8 Å². The highest BCUT2D eigenvalue weighted by molar-refractivity contribution is 4.73. The molecule has 3 heteroatoms. The molecule has 1 saturated carbocycles. The van der Waals surface area contributed by atoms with Gasteiger partial charge in [0.1, 0.15) is 0 Å². The molecule has 2 N–H and O–H groups in total. The van der Waals surface area contributed by atoms with Crippen LogP contribution in [0.25, 0.3) is 0 Å². The van der Waals surface area contributed by atoms with E-state index in [0.717, 1.165) is 32.1 Å². The summed E-state index contributed by atoms with van der Waals surface area (Å²) in [6.07, 6.45) is 9.89. The van der Waals surface area contributed by atoms with E-state index in [0.29, 0.717) is 0 Å². The number of rotatable bonds is 8. The molecule has 0 radical (unpaired) electrons. The first-order chi connectivity index (χ1) is 9.31. The number of nitrogens with one attached hydrogen (secondary N) is 1. The van der Waals surface area contributed by atoms with Crippen molar-refractivity contribution >= 4 is 0 Å². The van der Waals surface area contributed by atoms with Crippen molar-refractivity contribution < 1.29 is 5.11 Å². The van der Waals surface area contributed by atoms with Crippen LogP contribution in [0.1, 0.15) is 58.8 Å². The fourth-order valence-electron chi connectivity index (χ4n) is 3.25. The molecule has 0 spiro atoms. The second-order valence-electron chi connectivity index (χ2n) is 5.93. The van der Waals surface area contributed by atoms with E-state index < -0.39 is 0 Å². The second kappa shape index (κ2) is 10.6. The lowest BCUT2D eigenvalue weighted by Gasteiger charge is -2.29. The van der Waals surface area contributed by atoms with Crippen LogP contribution in [0.15, 0.2) is 0 Å². The van der Waals surface area contributed by atoms with Crippen molar-refractivity contribution in [2.75, 3.05) is 32.8 Å². The third-order valence-corrected chi connectivity index (χ3v) is 4.58. The normalized spacial score (nSPS) is 20.2. The second-order valence-corrected chi connectivity index (χ2v) is 5.93. The fraction of sp³-hybridized carbons (Fsp3) is 1.00. The largest absolute Gasteiger partial charge is 0.395 e. The van der Waals surface area contributed by atoms with Crippen LogP contribution < -0.4 is 5.32 Å². The molecule has 0 aromatic rings. The number of hydrogen-bond donors (Lipinski definition) is 2. The number of likely N-dealkylation sites (N-methyl/N-ethyl adjacent to an activating group) is 1. The minimum absolute atomic E-state index is 0.263. The number of nitrogens with zero attached hydrogens (tertiary/aromatic N) is 1. The number of aliphatic hydroxyl groups is 1. The molecule has 0 bridgehead atoms. The van der Waals surface area contributed by atoms with E-state index in [2.05, 4.69) is 24.1 Å². The van der Waals surface area contributed by atoms with Gasteiger partial charge < -0.3 is 10.4 Å². The van der Waals surface area contributed by atoms with Crippen molar-refractivity contribution in [2.24, 2.45) is 5.92 Å². The van der Waals surface area contributed by atoms with Crippen LogP contribution in [0.3, 0.4) is 0 Å². The van der Waals surface area contributed by atoms with E-state index in [-0.39, 0.29) is 12.6 Å². The molecule has 0 saturated heterocycles. The Morgan fingerprint density at radius 1 is 1.05 bits per heavy atom. The maximum atomic E-state index is 9.50. The quantitative estimate of drug-likeness (QED) is 0.712. The van der Waals surface area contributed by atoms with Gasteiger partial charge in [0.2, 0.25) is 0 Å². The maximum absolute atomic E-state index is 9.50. The van der Waals surface area contributed by atoms with Crippen LogP contribution in [0, 0.1) is 5.92 Å². The summed E-state index contributed by atoms with van der Waals surface area (Å²) in [7, 11) is 0. The van der Waals surface area contributed by atoms with Crippen molar-refractivity contribution in [3.63, 3.8) is 0 Å². The third kappa shape index (κ3) is 6.73. The monoisotopic (exact) mass is 270 g/mol. The first-order valence-corrected chi connectivity index (χ1v) is 8.37. The Labute approximate surface area is 119 Å². The smallest absolute Gasteiger partial charge is 0.0599 e. The zero-order valence-corrected chi connectivity index (χ0v) is 13.0. The summed E-state index contributed by atoms with van der Waals surface area (Å²) in [6.45, 7) is 8.70. The Balaban J connectivity index is 2.22. The van der Waals surface area contributed by atoms with E-state index >= 15 is 0 Å². The van der Waals surface area contributed by atoms with Crippen molar-refractivity contribution in [3.8, 4) is 0 Å². The Morgan fingerprint density at radius 2 is 1.63 bits per heavy atom. The Morgan fingerprint density at radius 3 is 2.16 bits per heavy atom. The molecule has 114 valence electrons. The van der Waals surface area contributed by atoms with Gasteiger partial charge in [0, 0.05) is 12.6 Å². The van der Waals surface area contributed by atoms with Gasteiger partial charge in [-0.1, -0.05) is 46.0 Å². The lowest BCUT2D eigenvalue weighted by Crippen LogP contribution is -2.45. The number of aliphatic hydroxyl groups excluding tert-OH is 1. The molecular formula is C16H34N2O. The summed E-state index contributed by atoms with van der Waals surface area (Å²) in [5, 5.41) is 13.1. The van der Waals surface area contributed by atoms with Gasteiger partial charge in [-0.3, -0.25) is 4.90 Å². The summed E-state index contributed by atoms with van der Waals surface area (Å²) in [6, 6.07) is 0.281. The number of hydrogen-bond acceptors (Lipinski definition) is 3. The molecule has 0 aliphatic heterocycles. The van der Waals surface area contributed by atoms with Crippen molar-refractivity contribution in [3.05, 3.63) is 0 Å². The highest BCUT2D eigenvalue weighted by Crippen LogP contribution is 2.21. The highest BCUT2D eigenvalue weighted by Gasteiger charge is 2.16. The summed E-state index contributed by atoms with van der Waals surface area (Å²) >= 11 is 0. The third-order valence-electron chi connectivity index (χ3n) is 4.58. The van der Waals surface area contributed by atoms with E-state index in [1.807, 2.05) is 0 Å². The van der Waals surface area contributed by atoms with E-state index in [1.54, 1.807) is 0 Å². The van der Waals surface area contributed by atoms with Gasteiger partial charge in [0.05, 0.1) is 6.61 Å². The topological polar surface area (TPSA) is 35.5 Å². The molecular weight excluding hydrogens is 236 g/mol. The molecule has 1 aliphatic rings. The summed E-state index contributed by atoms with van der Waals surface area (Å²) in [4.78, 5) is 2.34. The highest BCUT2D eigenvalue weighted by atomic mass is 16.3. The predicted octanol–water partition coefficient (Wildman–Crippen LogP) is 2.64. The average Bonchev–Trinajstić information content (AvgIpc) is 2.40. The van der Waals surface area contributed by atoms with Crippen LogP contribution in [0.2, 0.25) is 0 Å². The van der Waals surface area contributed by atoms with Gasteiger partial charge in [-0.25, -0.2) is 0 Å². The molecule has 1 aliphatic carbocycles. The predicted molar refractivity (Wildman–Crippen MR) is 82.5 cm³/mol. The first-order valence-electron chi connectivity index (χ1n) is 8.37. The molecule has 3 nitrogen and oxygen atoms in total. The Bertz CT molecular complexity index is 199. The molecule has 0 aromatic carbocycles. The standard InChI is InChI=1S/C16H34N2O/c1-3-18(4-2)16(14-19)13-17-12-15-10-8-6-5-7-9-11-15/h15-17,19H,3-14H2,1-2H3. The minimum Gasteiger partial charge on any atom is -0.395 e. The maximum Gasteiger partial charge on any atom is 0.0599 e. The Kier molecular flexibility index (Phi) is 9.48. The lowest BCUT2D eigenvalue weighted by atomic mass is 9.91. The van der Waals surface area contributed by atoms with Crippen LogP contribution >= 0.6 is 0 Å². The lowest BCUT2D eigenvalue weighted by molar-refractivity contribution is 0.130. The molecule has 1 atom stereocenters. The molecule has 19 heavy (non-hydrogen) atoms. The van der Waals surface area contributed by atoms with E-state index in [4.69, 9.17) is 0 Å². The van der Waals surface area contributed by atoms with Gasteiger partial charge in [0.25, 0.3) is 0 Å². The molecule has 1 unspecified atom stereocenters. The van der Waals surface area contributed by atoms with Crippen LogP contribution in [0.4, 0.5) is 0 Å². The minimum atomic E-state index is 0.263. The summed E-state index contributed by atoms with van der Waals surface area (Å²) < 4.78 is 0. The molecule has 1 fully saturated rings. The summed E-state index contributed by atoms with van der Waals surface area (Å²) in [5.41, 5.74) is 0. The van der Waals surface area contributed by atoms with E-state index in [1.165, 1.54) is 44.9 Å². The van der Waals surface area contributed by atoms with Crippen molar-refractivity contribution in [1.29, 1.82) is 0 Å². The van der Waals surface area contributed by atoms with Crippen molar-refractivity contribution in [1.82, 2.24) is 10.2 Å². The molecule has 0 amide bonds. The van der Waals surface area contributed by atoms with Crippen LogP contribution in [-0.2, 0) is 0 Å². The molecule has 0 aromatic heterocycles. The van der Waals surface area contributed by atoms with E-state index in [9.17, 15) is 5.11 Å². The van der Waals surface area contributed by atoms with Gasteiger partial charge in [-0.2, -0.15) is 0 Å². The van der Waals surface area contributed by atoms with Gasteiger partial charge >= 0.3 is 0 Å². The first kappa shape index (κ1) is 16.9.